The topological polar surface area (TPSA) is 101 Å². The second-order valence-corrected chi connectivity index (χ2v) is 6.42. The molecule has 0 bridgehead atoms. The Morgan fingerprint density at radius 1 is 1.04 bits per heavy atom. The molecule has 0 atom stereocenters. The first-order valence-electron chi connectivity index (χ1n) is 8.76. The third-order valence-electron chi connectivity index (χ3n) is 4.69. The van der Waals surface area contributed by atoms with Gasteiger partial charge in [0, 0.05) is 17.7 Å². The average Bonchev–Trinajstić information content (AvgIpc) is 3.01. The fraction of sp³-hybridized carbons (Fsp3) is 0.143. The highest BCUT2D eigenvalue weighted by Gasteiger charge is 2.29. The van der Waals surface area contributed by atoms with E-state index in [0.717, 1.165) is 22.3 Å². The number of hydrogen-bond acceptors (Lipinski definition) is 5. The second kappa shape index (κ2) is 7.48. The maximum Gasteiger partial charge on any atom is 0.412 e. The van der Waals surface area contributed by atoms with Crippen LogP contribution in [0.1, 0.15) is 22.6 Å². The third kappa shape index (κ3) is 3.42. The van der Waals surface area contributed by atoms with Crippen molar-refractivity contribution in [2.45, 2.75) is 12.3 Å². The number of anilines is 1. The highest BCUT2D eigenvalue weighted by molar-refractivity contribution is 5.86. The molecule has 0 fully saturated rings. The summed E-state index contributed by atoms with van der Waals surface area (Å²) in [7, 11) is 0. The zero-order valence-corrected chi connectivity index (χ0v) is 14.8. The summed E-state index contributed by atoms with van der Waals surface area (Å²) in [5.74, 6) is -0.956. The van der Waals surface area contributed by atoms with Crippen LogP contribution in [0.15, 0.2) is 61.1 Å². The Bertz CT molecular complexity index is 1010. The number of carbonyl (C=O) groups is 2. The van der Waals surface area contributed by atoms with E-state index in [-0.39, 0.29) is 24.8 Å². The van der Waals surface area contributed by atoms with Gasteiger partial charge in [-0.2, -0.15) is 0 Å². The SMILES string of the molecule is O=C(O)Cc1cncnc1NC(=O)OCC1c2ccccc2-c2ccccc21. The van der Waals surface area contributed by atoms with Crippen molar-refractivity contribution >= 4 is 17.9 Å². The van der Waals surface area contributed by atoms with E-state index in [1.807, 2.05) is 36.4 Å². The maximum absolute atomic E-state index is 12.3. The van der Waals surface area contributed by atoms with Gasteiger partial charge in [-0.15, -0.1) is 0 Å². The molecule has 140 valence electrons. The first-order valence-corrected chi connectivity index (χ1v) is 8.76. The fourth-order valence-electron chi connectivity index (χ4n) is 3.49. The molecule has 0 saturated carbocycles. The molecule has 7 heteroatoms. The number of amides is 1. The van der Waals surface area contributed by atoms with Crippen LogP contribution >= 0.6 is 0 Å². The van der Waals surface area contributed by atoms with Crippen LogP contribution in [0.25, 0.3) is 11.1 Å². The molecule has 2 N–H and O–H groups in total. The predicted molar refractivity (Wildman–Crippen MR) is 102 cm³/mol. The molecule has 1 amide bonds. The minimum atomic E-state index is -1.04. The second-order valence-electron chi connectivity index (χ2n) is 6.42. The maximum atomic E-state index is 12.3. The van der Waals surface area contributed by atoms with Crippen molar-refractivity contribution in [2.24, 2.45) is 0 Å². The van der Waals surface area contributed by atoms with Crippen LogP contribution in [0.4, 0.5) is 10.6 Å². The van der Waals surface area contributed by atoms with Gasteiger partial charge < -0.3 is 9.84 Å². The number of carbonyl (C=O) groups excluding carboxylic acids is 1. The number of nitrogens with one attached hydrogen (secondary N) is 1. The number of rotatable bonds is 5. The predicted octanol–water partition coefficient (Wildman–Crippen LogP) is 3.46. The molecule has 1 aliphatic carbocycles. The number of carboxylic acid groups (broad SMARTS) is 1. The summed E-state index contributed by atoms with van der Waals surface area (Å²) in [5.41, 5.74) is 4.83. The zero-order chi connectivity index (χ0) is 19.5. The minimum absolute atomic E-state index is 0.0537. The number of nitrogens with zero attached hydrogens (tertiary/aromatic N) is 2. The number of aromatic nitrogens is 2. The molecular formula is C21H17N3O4. The Balaban J connectivity index is 1.48. The zero-order valence-electron chi connectivity index (χ0n) is 14.8. The van der Waals surface area contributed by atoms with Gasteiger partial charge in [-0.3, -0.25) is 10.1 Å². The van der Waals surface area contributed by atoms with E-state index in [2.05, 4.69) is 27.4 Å². The van der Waals surface area contributed by atoms with Gasteiger partial charge in [-0.25, -0.2) is 14.8 Å². The number of benzene rings is 2. The quantitative estimate of drug-likeness (QED) is 0.708. The van der Waals surface area contributed by atoms with Crippen molar-refractivity contribution < 1.29 is 19.4 Å². The van der Waals surface area contributed by atoms with Crippen molar-refractivity contribution in [2.75, 3.05) is 11.9 Å². The van der Waals surface area contributed by atoms with E-state index >= 15 is 0 Å². The van der Waals surface area contributed by atoms with E-state index in [0.29, 0.717) is 5.56 Å². The molecular weight excluding hydrogens is 358 g/mol. The van der Waals surface area contributed by atoms with Crippen LogP contribution in [0.3, 0.4) is 0 Å². The summed E-state index contributed by atoms with van der Waals surface area (Å²) in [4.78, 5) is 31.0. The number of aliphatic carboxylic acids is 1. The Labute approximate surface area is 161 Å². The molecule has 0 unspecified atom stereocenters. The lowest BCUT2D eigenvalue weighted by molar-refractivity contribution is -0.136. The lowest BCUT2D eigenvalue weighted by Crippen LogP contribution is -2.20. The highest BCUT2D eigenvalue weighted by Crippen LogP contribution is 2.44. The van der Waals surface area contributed by atoms with Crippen molar-refractivity contribution in [1.82, 2.24) is 9.97 Å². The van der Waals surface area contributed by atoms with Crippen LogP contribution in [0.2, 0.25) is 0 Å². The van der Waals surface area contributed by atoms with Crippen LogP contribution in [0.5, 0.6) is 0 Å². The minimum Gasteiger partial charge on any atom is -0.481 e. The molecule has 1 aromatic heterocycles. The van der Waals surface area contributed by atoms with Gasteiger partial charge >= 0.3 is 12.1 Å². The van der Waals surface area contributed by atoms with Crippen molar-refractivity contribution in [3.63, 3.8) is 0 Å². The van der Waals surface area contributed by atoms with Crippen LogP contribution in [0, 0.1) is 0 Å². The van der Waals surface area contributed by atoms with Crippen LogP contribution in [-0.4, -0.2) is 33.7 Å². The normalized spacial score (nSPS) is 12.1. The molecule has 2 aromatic carbocycles. The number of fused-ring (bicyclic) bond motifs is 3. The van der Waals surface area contributed by atoms with E-state index < -0.39 is 12.1 Å². The average molecular weight is 375 g/mol. The fourth-order valence-corrected chi connectivity index (χ4v) is 3.49. The molecule has 1 aliphatic rings. The smallest absolute Gasteiger partial charge is 0.412 e. The Kier molecular flexibility index (Phi) is 4.72. The number of hydrogen-bond donors (Lipinski definition) is 2. The van der Waals surface area contributed by atoms with Crippen molar-refractivity contribution in [1.29, 1.82) is 0 Å². The molecule has 0 aliphatic heterocycles. The van der Waals surface area contributed by atoms with Gasteiger partial charge in [0.1, 0.15) is 18.8 Å². The molecule has 4 rings (SSSR count). The largest absolute Gasteiger partial charge is 0.481 e. The first kappa shape index (κ1) is 17.7. The molecule has 1 heterocycles. The molecule has 7 nitrogen and oxygen atoms in total. The van der Waals surface area contributed by atoms with Gasteiger partial charge in [-0.1, -0.05) is 48.5 Å². The molecule has 28 heavy (non-hydrogen) atoms. The summed E-state index contributed by atoms with van der Waals surface area (Å²) in [6.45, 7) is 0.166. The lowest BCUT2D eigenvalue weighted by Gasteiger charge is -2.15. The summed E-state index contributed by atoms with van der Waals surface area (Å²) >= 11 is 0. The standard InChI is InChI=1S/C21H17N3O4/c25-19(26)9-13-10-22-12-23-20(13)24-21(27)28-11-18-16-7-3-1-5-14(16)15-6-2-4-8-17(15)18/h1-8,10,12,18H,9,11H2,(H,25,26)(H,22,23,24,27). The molecule has 0 saturated heterocycles. The van der Waals surface area contributed by atoms with E-state index in [9.17, 15) is 9.59 Å². The van der Waals surface area contributed by atoms with Gasteiger partial charge in [-0.05, 0) is 22.3 Å². The van der Waals surface area contributed by atoms with E-state index in [4.69, 9.17) is 9.84 Å². The Hall–Kier alpha value is -3.74. The molecule has 0 radical (unpaired) electrons. The number of ether oxygens (including phenoxy) is 1. The monoisotopic (exact) mass is 375 g/mol. The van der Waals surface area contributed by atoms with Crippen LogP contribution in [-0.2, 0) is 16.0 Å². The summed E-state index contributed by atoms with van der Waals surface area (Å²) in [6.07, 6.45) is 1.62. The summed E-state index contributed by atoms with van der Waals surface area (Å²) in [5, 5.41) is 11.5. The van der Waals surface area contributed by atoms with Gasteiger partial charge in [0.2, 0.25) is 0 Å². The van der Waals surface area contributed by atoms with Crippen LogP contribution < -0.4 is 5.32 Å². The molecule has 0 spiro atoms. The van der Waals surface area contributed by atoms with Gasteiger partial charge in [0.15, 0.2) is 0 Å². The number of carboxylic acids is 1. The van der Waals surface area contributed by atoms with Gasteiger partial charge in [0.25, 0.3) is 0 Å². The molecule has 3 aromatic rings. The van der Waals surface area contributed by atoms with Crippen molar-refractivity contribution in [3.05, 3.63) is 77.7 Å². The lowest BCUT2D eigenvalue weighted by atomic mass is 9.98. The first-order chi connectivity index (χ1) is 13.6. The summed E-state index contributed by atoms with van der Waals surface area (Å²) in [6, 6.07) is 16.1. The Morgan fingerprint density at radius 2 is 1.68 bits per heavy atom. The third-order valence-corrected chi connectivity index (χ3v) is 4.69. The van der Waals surface area contributed by atoms with Gasteiger partial charge in [0.05, 0.1) is 6.42 Å². The van der Waals surface area contributed by atoms with Crippen molar-refractivity contribution in [3.8, 4) is 11.1 Å². The summed E-state index contributed by atoms with van der Waals surface area (Å²) < 4.78 is 5.45. The van der Waals surface area contributed by atoms with E-state index in [1.165, 1.54) is 12.5 Å². The highest BCUT2D eigenvalue weighted by atomic mass is 16.5. The Morgan fingerprint density at radius 3 is 2.32 bits per heavy atom. The van der Waals surface area contributed by atoms with E-state index in [1.54, 1.807) is 0 Å².